The molecule has 3 amide bonds. The summed E-state index contributed by atoms with van der Waals surface area (Å²) in [5, 5.41) is 34.2. The number of hydrogen-bond donors (Lipinski definition) is 10. The SMILES string of the molecule is NCCCCC(NC(=O)C(CC(=O)O)NC(=O)C(N)CCC(=O)O)C(=O)NC(CCCN=C(N)N)C(=O)O. The largest absolute Gasteiger partial charge is 0.481 e. The summed E-state index contributed by atoms with van der Waals surface area (Å²) >= 11 is 0. The van der Waals surface area contributed by atoms with Gasteiger partial charge in [-0.3, -0.25) is 29.0 Å². The minimum atomic E-state index is -1.64. The quantitative estimate of drug-likeness (QED) is 0.0401. The standard InChI is InChI=1S/C21H38N8O9/c22-8-2-1-4-12(18(35)28-13(20(37)38)5-3-9-26-21(24)25)27-19(36)14(10-16(32)33)29-17(34)11(23)6-7-15(30)31/h11-14H,1-10,22-23H2,(H,27,36)(H,28,35)(H,29,34)(H,30,31)(H,32,33)(H,37,38)(H4,24,25,26). The first-order valence-electron chi connectivity index (χ1n) is 11.9. The van der Waals surface area contributed by atoms with Gasteiger partial charge in [0.05, 0.1) is 12.5 Å². The lowest BCUT2D eigenvalue weighted by molar-refractivity contribution is -0.143. The average Bonchev–Trinajstić information content (AvgIpc) is 2.82. The second kappa shape index (κ2) is 18.3. The van der Waals surface area contributed by atoms with Crippen LogP contribution in [0, 0.1) is 0 Å². The molecule has 4 atom stereocenters. The molecule has 0 saturated carbocycles. The van der Waals surface area contributed by atoms with Crippen LogP contribution in [0.25, 0.3) is 0 Å². The molecule has 0 aliphatic rings. The van der Waals surface area contributed by atoms with Crippen molar-refractivity contribution in [2.24, 2.45) is 27.9 Å². The van der Waals surface area contributed by atoms with E-state index in [0.29, 0.717) is 12.8 Å². The third-order valence-electron chi connectivity index (χ3n) is 5.16. The lowest BCUT2D eigenvalue weighted by atomic mass is 10.1. The molecular weight excluding hydrogens is 508 g/mol. The number of hydrogen-bond acceptors (Lipinski definition) is 9. The van der Waals surface area contributed by atoms with Crippen LogP contribution < -0.4 is 38.9 Å². The molecule has 0 aliphatic heterocycles. The van der Waals surface area contributed by atoms with Crippen molar-refractivity contribution in [2.45, 2.75) is 75.5 Å². The summed E-state index contributed by atoms with van der Waals surface area (Å²) in [6.45, 7) is 0.417. The van der Waals surface area contributed by atoms with E-state index < -0.39 is 72.6 Å². The Morgan fingerprint density at radius 2 is 1.26 bits per heavy atom. The zero-order valence-corrected chi connectivity index (χ0v) is 20.9. The Morgan fingerprint density at radius 1 is 0.711 bits per heavy atom. The topological polar surface area (TPSA) is 316 Å². The van der Waals surface area contributed by atoms with E-state index in [4.69, 9.17) is 28.0 Å². The maximum Gasteiger partial charge on any atom is 0.326 e. The summed E-state index contributed by atoms with van der Waals surface area (Å²) in [5.74, 6) is -6.97. The van der Waals surface area contributed by atoms with Crippen molar-refractivity contribution < 1.29 is 44.1 Å². The molecule has 216 valence electrons. The Labute approximate surface area is 218 Å². The fraction of sp³-hybridized carbons (Fsp3) is 0.667. The lowest BCUT2D eigenvalue weighted by Gasteiger charge is -2.24. The van der Waals surface area contributed by atoms with E-state index in [2.05, 4.69) is 20.9 Å². The van der Waals surface area contributed by atoms with E-state index in [1.54, 1.807) is 0 Å². The fourth-order valence-electron chi connectivity index (χ4n) is 3.14. The molecule has 0 aromatic rings. The van der Waals surface area contributed by atoms with Crippen LogP contribution in [0.15, 0.2) is 4.99 Å². The maximum atomic E-state index is 12.9. The number of carbonyl (C=O) groups excluding carboxylic acids is 3. The number of unbranched alkanes of at least 4 members (excludes halogenated alkanes) is 1. The average molecular weight is 547 g/mol. The number of rotatable bonds is 20. The van der Waals surface area contributed by atoms with E-state index in [9.17, 15) is 39.0 Å². The maximum absolute atomic E-state index is 12.9. The van der Waals surface area contributed by atoms with Crippen LogP contribution in [-0.4, -0.2) is 94.2 Å². The first-order chi connectivity index (χ1) is 17.8. The van der Waals surface area contributed by atoms with Gasteiger partial charge in [-0.05, 0) is 45.1 Å². The van der Waals surface area contributed by atoms with Gasteiger partial charge in [0.15, 0.2) is 5.96 Å². The minimum absolute atomic E-state index is 0.0206. The van der Waals surface area contributed by atoms with Gasteiger partial charge in [-0.15, -0.1) is 0 Å². The van der Waals surface area contributed by atoms with Gasteiger partial charge < -0.3 is 54.2 Å². The Kier molecular flexibility index (Phi) is 16.4. The Balaban J connectivity index is 5.51. The smallest absolute Gasteiger partial charge is 0.326 e. The molecule has 0 rings (SSSR count). The number of guanidine groups is 1. The molecule has 14 N–H and O–H groups in total. The van der Waals surface area contributed by atoms with Crippen LogP contribution in [0.2, 0.25) is 0 Å². The van der Waals surface area contributed by atoms with Crippen LogP contribution in [0.1, 0.15) is 51.4 Å². The number of nitrogens with zero attached hydrogens (tertiary/aromatic N) is 1. The molecule has 0 radical (unpaired) electrons. The second-order valence-electron chi connectivity index (χ2n) is 8.39. The van der Waals surface area contributed by atoms with Crippen LogP contribution in [0.5, 0.6) is 0 Å². The second-order valence-corrected chi connectivity index (χ2v) is 8.39. The number of nitrogens with two attached hydrogens (primary N) is 4. The summed E-state index contributed by atoms with van der Waals surface area (Å²) in [4.78, 5) is 75.3. The van der Waals surface area contributed by atoms with Crippen molar-refractivity contribution in [2.75, 3.05) is 13.1 Å². The number of amides is 3. The molecule has 17 heteroatoms. The van der Waals surface area contributed by atoms with E-state index in [0.717, 1.165) is 0 Å². The van der Waals surface area contributed by atoms with Gasteiger partial charge in [-0.1, -0.05) is 0 Å². The third kappa shape index (κ3) is 15.2. The van der Waals surface area contributed by atoms with Crippen LogP contribution in [-0.2, 0) is 28.8 Å². The number of carboxylic acids is 3. The number of aliphatic carboxylic acids is 3. The summed E-state index contributed by atoms with van der Waals surface area (Å²) in [6.07, 6.45) is -0.441. The van der Waals surface area contributed by atoms with Crippen LogP contribution >= 0.6 is 0 Å². The summed E-state index contributed by atoms with van der Waals surface area (Å²) in [7, 11) is 0. The highest BCUT2D eigenvalue weighted by atomic mass is 16.4. The molecule has 0 saturated heterocycles. The molecule has 0 aliphatic carbocycles. The van der Waals surface area contributed by atoms with Crippen molar-refractivity contribution in [3.05, 3.63) is 0 Å². The van der Waals surface area contributed by atoms with Crippen molar-refractivity contribution in [1.82, 2.24) is 16.0 Å². The molecule has 0 bridgehead atoms. The highest BCUT2D eigenvalue weighted by Crippen LogP contribution is 2.06. The van der Waals surface area contributed by atoms with Gasteiger partial charge in [-0.2, -0.15) is 0 Å². The molecule has 38 heavy (non-hydrogen) atoms. The summed E-state index contributed by atoms with van der Waals surface area (Å²) in [5.41, 5.74) is 21.5. The Bertz CT molecular complexity index is 864. The van der Waals surface area contributed by atoms with Crippen molar-refractivity contribution >= 4 is 41.6 Å². The summed E-state index contributed by atoms with van der Waals surface area (Å²) in [6, 6.07) is -5.57. The molecule has 0 fully saturated rings. The van der Waals surface area contributed by atoms with Gasteiger partial charge in [0.1, 0.15) is 18.1 Å². The Hall–Kier alpha value is -3.99. The molecule has 4 unspecified atom stereocenters. The molecule has 0 aromatic carbocycles. The van der Waals surface area contributed by atoms with Gasteiger partial charge in [0, 0.05) is 13.0 Å². The van der Waals surface area contributed by atoms with E-state index in [1.807, 2.05) is 0 Å². The van der Waals surface area contributed by atoms with Gasteiger partial charge in [0.25, 0.3) is 0 Å². The molecule has 0 aromatic heterocycles. The van der Waals surface area contributed by atoms with Crippen molar-refractivity contribution in [1.29, 1.82) is 0 Å². The zero-order valence-electron chi connectivity index (χ0n) is 20.9. The molecular formula is C21H38N8O9. The van der Waals surface area contributed by atoms with Gasteiger partial charge in [-0.25, -0.2) is 4.79 Å². The highest BCUT2D eigenvalue weighted by molar-refractivity contribution is 5.95. The van der Waals surface area contributed by atoms with Crippen molar-refractivity contribution in [3.8, 4) is 0 Å². The molecule has 0 heterocycles. The fourth-order valence-corrected chi connectivity index (χ4v) is 3.14. The Morgan fingerprint density at radius 3 is 1.79 bits per heavy atom. The summed E-state index contributed by atoms with van der Waals surface area (Å²) < 4.78 is 0. The van der Waals surface area contributed by atoms with Gasteiger partial charge >= 0.3 is 17.9 Å². The minimum Gasteiger partial charge on any atom is -0.481 e. The van der Waals surface area contributed by atoms with E-state index in [-0.39, 0.29) is 44.7 Å². The van der Waals surface area contributed by atoms with E-state index in [1.165, 1.54) is 0 Å². The monoisotopic (exact) mass is 546 g/mol. The third-order valence-corrected chi connectivity index (χ3v) is 5.16. The molecule has 0 spiro atoms. The number of carboxylic acid groups (broad SMARTS) is 3. The van der Waals surface area contributed by atoms with Crippen LogP contribution in [0.3, 0.4) is 0 Å². The first kappa shape index (κ1) is 34.0. The van der Waals surface area contributed by atoms with E-state index >= 15 is 0 Å². The highest BCUT2D eigenvalue weighted by Gasteiger charge is 2.31. The predicted octanol–water partition coefficient (Wildman–Crippen LogP) is -3.63. The molecule has 17 nitrogen and oxygen atoms in total. The van der Waals surface area contributed by atoms with Crippen molar-refractivity contribution in [3.63, 3.8) is 0 Å². The van der Waals surface area contributed by atoms with Gasteiger partial charge in [0.2, 0.25) is 17.7 Å². The predicted molar refractivity (Wildman–Crippen MR) is 133 cm³/mol. The lowest BCUT2D eigenvalue weighted by Crippen LogP contribution is -2.57. The number of nitrogens with one attached hydrogen (secondary N) is 3. The first-order valence-corrected chi connectivity index (χ1v) is 11.9. The zero-order chi connectivity index (χ0) is 29.3. The van der Waals surface area contributed by atoms with Crippen LogP contribution in [0.4, 0.5) is 0 Å². The number of carbonyl (C=O) groups is 6. The number of aliphatic imine (C=N–C) groups is 1. The normalized spacial score (nSPS) is 13.7.